The van der Waals surface area contributed by atoms with Crippen LogP contribution in [-0.2, 0) is 6.42 Å². The van der Waals surface area contributed by atoms with E-state index in [0.29, 0.717) is 5.56 Å². The zero-order chi connectivity index (χ0) is 11.5. The molecule has 0 heterocycles. The highest BCUT2D eigenvalue weighted by atomic mass is 19.1. The predicted molar refractivity (Wildman–Crippen MR) is 66.0 cm³/mol. The maximum atomic E-state index is 13.7. The third-order valence-corrected chi connectivity index (χ3v) is 2.80. The molecule has 0 aliphatic rings. The van der Waals surface area contributed by atoms with Gasteiger partial charge in [0.15, 0.2) is 0 Å². The van der Waals surface area contributed by atoms with Gasteiger partial charge in [0.1, 0.15) is 5.82 Å². The Labute approximate surface area is 95.7 Å². The first kappa shape index (κ1) is 10.9. The van der Waals surface area contributed by atoms with Gasteiger partial charge in [-0.2, -0.15) is 0 Å². The number of benzene rings is 2. The Kier molecular flexibility index (Phi) is 3.04. The fourth-order valence-corrected chi connectivity index (χ4v) is 1.77. The lowest BCUT2D eigenvalue weighted by molar-refractivity contribution is 0.630. The molecule has 0 amide bonds. The van der Waals surface area contributed by atoms with Crippen LogP contribution in [0.15, 0.2) is 42.5 Å². The maximum absolute atomic E-state index is 13.7. The van der Waals surface area contributed by atoms with Gasteiger partial charge in [0.2, 0.25) is 0 Å². The van der Waals surface area contributed by atoms with E-state index in [1.165, 1.54) is 5.56 Å². The third-order valence-electron chi connectivity index (χ3n) is 2.80. The third kappa shape index (κ3) is 2.13. The Hall–Kier alpha value is -1.63. The molecule has 0 saturated carbocycles. The highest BCUT2D eigenvalue weighted by molar-refractivity contribution is 5.64. The molecule has 2 aromatic carbocycles. The molecule has 0 aromatic heterocycles. The van der Waals surface area contributed by atoms with Crippen molar-refractivity contribution in [3.63, 3.8) is 0 Å². The second-order valence-electron chi connectivity index (χ2n) is 4.03. The molecule has 0 unspecified atom stereocenters. The molecular weight excluding hydrogens is 199 g/mol. The normalized spacial score (nSPS) is 10.4. The first-order valence-corrected chi connectivity index (χ1v) is 5.56. The smallest absolute Gasteiger partial charge is 0.131 e. The second-order valence-corrected chi connectivity index (χ2v) is 4.03. The summed E-state index contributed by atoms with van der Waals surface area (Å²) < 4.78 is 13.7. The highest BCUT2D eigenvalue weighted by Crippen LogP contribution is 2.23. The van der Waals surface area contributed by atoms with Crippen molar-refractivity contribution in [2.24, 2.45) is 0 Å². The van der Waals surface area contributed by atoms with Gasteiger partial charge in [-0.05, 0) is 36.1 Å². The average molecular weight is 214 g/mol. The molecular formula is C15H15F. The minimum atomic E-state index is -0.149. The molecule has 0 aliphatic carbocycles. The van der Waals surface area contributed by atoms with Crippen molar-refractivity contribution in [1.82, 2.24) is 0 Å². The summed E-state index contributed by atoms with van der Waals surface area (Å²) in [6.07, 6.45) is 1.01. The quantitative estimate of drug-likeness (QED) is 0.696. The number of halogens is 1. The summed E-state index contributed by atoms with van der Waals surface area (Å²) in [7, 11) is 0. The molecule has 16 heavy (non-hydrogen) atoms. The first-order valence-electron chi connectivity index (χ1n) is 5.56. The molecule has 0 atom stereocenters. The van der Waals surface area contributed by atoms with E-state index < -0.39 is 0 Å². The van der Waals surface area contributed by atoms with Crippen LogP contribution >= 0.6 is 0 Å². The lowest BCUT2D eigenvalue weighted by Crippen LogP contribution is -1.86. The van der Waals surface area contributed by atoms with Crippen molar-refractivity contribution in [1.29, 1.82) is 0 Å². The van der Waals surface area contributed by atoms with Gasteiger partial charge in [-0.3, -0.25) is 0 Å². The first-order chi connectivity index (χ1) is 7.70. The minimum absolute atomic E-state index is 0.149. The van der Waals surface area contributed by atoms with Crippen LogP contribution in [0.25, 0.3) is 11.1 Å². The standard InChI is InChI=1S/C15H15F/c1-3-12-5-7-13(8-6-12)14-9-4-11(2)10-15(14)16/h4-10H,3H2,1-2H3. The monoisotopic (exact) mass is 214 g/mol. The SMILES string of the molecule is CCc1ccc(-c2ccc(C)cc2F)cc1. The van der Waals surface area contributed by atoms with Gasteiger partial charge < -0.3 is 0 Å². The predicted octanol–water partition coefficient (Wildman–Crippen LogP) is 4.36. The molecule has 0 aliphatic heterocycles. The summed E-state index contributed by atoms with van der Waals surface area (Å²) >= 11 is 0. The van der Waals surface area contributed by atoms with E-state index in [1.54, 1.807) is 6.07 Å². The van der Waals surface area contributed by atoms with E-state index in [-0.39, 0.29) is 5.82 Å². The van der Waals surface area contributed by atoms with Crippen molar-refractivity contribution in [2.75, 3.05) is 0 Å². The van der Waals surface area contributed by atoms with E-state index in [4.69, 9.17) is 0 Å². The van der Waals surface area contributed by atoms with Crippen LogP contribution in [-0.4, -0.2) is 0 Å². The topological polar surface area (TPSA) is 0 Å². The van der Waals surface area contributed by atoms with Gasteiger partial charge in [-0.15, -0.1) is 0 Å². The number of hydrogen-bond donors (Lipinski definition) is 0. The van der Waals surface area contributed by atoms with Crippen LogP contribution in [0, 0.1) is 12.7 Å². The molecule has 0 bridgehead atoms. The minimum Gasteiger partial charge on any atom is -0.206 e. The molecule has 2 rings (SSSR count). The van der Waals surface area contributed by atoms with Crippen LogP contribution < -0.4 is 0 Å². The number of aryl methyl sites for hydroxylation is 2. The molecule has 82 valence electrons. The lowest BCUT2D eigenvalue weighted by Gasteiger charge is -2.05. The lowest BCUT2D eigenvalue weighted by atomic mass is 10.0. The highest BCUT2D eigenvalue weighted by Gasteiger charge is 2.04. The van der Waals surface area contributed by atoms with E-state index in [0.717, 1.165) is 17.5 Å². The van der Waals surface area contributed by atoms with Crippen LogP contribution in [0.1, 0.15) is 18.1 Å². The van der Waals surface area contributed by atoms with Gasteiger partial charge in [0, 0.05) is 5.56 Å². The largest absolute Gasteiger partial charge is 0.206 e. The van der Waals surface area contributed by atoms with Gasteiger partial charge in [0.05, 0.1) is 0 Å². The van der Waals surface area contributed by atoms with Crippen molar-refractivity contribution in [3.05, 3.63) is 59.4 Å². The van der Waals surface area contributed by atoms with Gasteiger partial charge in [-0.25, -0.2) is 4.39 Å². The maximum Gasteiger partial charge on any atom is 0.131 e. The Morgan fingerprint density at radius 1 is 1.00 bits per heavy atom. The Balaban J connectivity index is 2.42. The molecule has 2 aromatic rings. The van der Waals surface area contributed by atoms with E-state index in [9.17, 15) is 4.39 Å². The second kappa shape index (κ2) is 4.48. The Morgan fingerprint density at radius 2 is 1.69 bits per heavy atom. The summed E-state index contributed by atoms with van der Waals surface area (Å²) in [5.41, 5.74) is 3.84. The summed E-state index contributed by atoms with van der Waals surface area (Å²) in [5.74, 6) is -0.149. The van der Waals surface area contributed by atoms with Crippen molar-refractivity contribution in [2.45, 2.75) is 20.3 Å². The average Bonchev–Trinajstić information content (AvgIpc) is 2.29. The summed E-state index contributed by atoms with van der Waals surface area (Å²) in [5, 5.41) is 0. The summed E-state index contributed by atoms with van der Waals surface area (Å²) in [6, 6.07) is 13.4. The Morgan fingerprint density at radius 3 is 2.25 bits per heavy atom. The van der Waals surface area contributed by atoms with Gasteiger partial charge in [0.25, 0.3) is 0 Å². The van der Waals surface area contributed by atoms with Crippen molar-refractivity contribution < 1.29 is 4.39 Å². The fourth-order valence-electron chi connectivity index (χ4n) is 1.77. The van der Waals surface area contributed by atoms with E-state index in [2.05, 4.69) is 19.1 Å². The Bertz CT molecular complexity index is 483. The molecule has 0 saturated heterocycles. The van der Waals surface area contributed by atoms with Crippen molar-refractivity contribution >= 4 is 0 Å². The number of hydrogen-bond acceptors (Lipinski definition) is 0. The van der Waals surface area contributed by atoms with Crippen molar-refractivity contribution in [3.8, 4) is 11.1 Å². The zero-order valence-electron chi connectivity index (χ0n) is 9.63. The van der Waals surface area contributed by atoms with Crippen LogP contribution in [0.5, 0.6) is 0 Å². The van der Waals surface area contributed by atoms with Crippen LogP contribution in [0.2, 0.25) is 0 Å². The summed E-state index contributed by atoms with van der Waals surface area (Å²) in [6.45, 7) is 4.01. The summed E-state index contributed by atoms with van der Waals surface area (Å²) in [4.78, 5) is 0. The molecule has 0 spiro atoms. The van der Waals surface area contributed by atoms with E-state index >= 15 is 0 Å². The van der Waals surface area contributed by atoms with E-state index in [1.807, 2.05) is 31.2 Å². The number of rotatable bonds is 2. The molecule has 0 radical (unpaired) electrons. The molecule has 1 heteroatoms. The van der Waals surface area contributed by atoms with Crippen LogP contribution in [0.4, 0.5) is 4.39 Å². The van der Waals surface area contributed by atoms with Gasteiger partial charge >= 0.3 is 0 Å². The van der Waals surface area contributed by atoms with Gasteiger partial charge in [-0.1, -0.05) is 43.3 Å². The molecule has 0 nitrogen and oxygen atoms in total. The molecule has 0 fully saturated rings. The van der Waals surface area contributed by atoms with Crippen LogP contribution in [0.3, 0.4) is 0 Å². The molecule has 0 N–H and O–H groups in total. The zero-order valence-corrected chi connectivity index (χ0v) is 9.63. The fraction of sp³-hybridized carbons (Fsp3) is 0.200.